The molecular formula is C30H35NO4. The molecule has 4 aliphatic rings. The average Bonchev–Trinajstić information content (AvgIpc) is 3.13. The number of hydrogen-bond donors (Lipinski definition) is 0. The second kappa shape index (κ2) is 10.3. The van der Waals surface area contributed by atoms with Crippen molar-refractivity contribution >= 4 is 17.8 Å². The predicted molar refractivity (Wildman–Crippen MR) is 134 cm³/mol. The number of hydrogen-bond acceptors (Lipinski definition) is 4. The Morgan fingerprint density at radius 2 is 1.26 bits per heavy atom. The highest BCUT2D eigenvalue weighted by molar-refractivity contribution is 6.07. The van der Waals surface area contributed by atoms with Crippen LogP contribution in [0.5, 0.6) is 0 Å². The average molecular weight is 474 g/mol. The van der Waals surface area contributed by atoms with E-state index >= 15 is 0 Å². The van der Waals surface area contributed by atoms with Crippen LogP contribution in [0.4, 0.5) is 0 Å². The van der Waals surface area contributed by atoms with E-state index in [-0.39, 0.29) is 41.5 Å². The number of benzene rings is 2. The number of nitrogens with zero attached hydrogens (tertiary/aromatic N) is 1. The van der Waals surface area contributed by atoms with E-state index in [2.05, 4.69) is 31.2 Å². The summed E-state index contributed by atoms with van der Waals surface area (Å²) < 4.78 is 5.30. The van der Waals surface area contributed by atoms with Gasteiger partial charge in [0.05, 0.1) is 18.4 Å². The summed E-state index contributed by atoms with van der Waals surface area (Å²) in [4.78, 5) is 40.5. The third-order valence-electron chi connectivity index (χ3n) is 8.06. The van der Waals surface area contributed by atoms with E-state index in [1.807, 2.05) is 24.3 Å². The van der Waals surface area contributed by atoms with Crippen LogP contribution >= 0.6 is 0 Å². The van der Waals surface area contributed by atoms with E-state index in [9.17, 15) is 14.4 Å². The van der Waals surface area contributed by atoms with E-state index < -0.39 is 0 Å². The molecule has 2 atom stereocenters. The van der Waals surface area contributed by atoms with Crippen molar-refractivity contribution in [3.8, 4) is 0 Å². The Kier molecular flexibility index (Phi) is 7.03. The smallest absolute Gasteiger partial charge is 0.305 e. The van der Waals surface area contributed by atoms with E-state index in [0.717, 1.165) is 32.1 Å². The Morgan fingerprint density at radius 1 is 0.743 bits per heavy atom. The number of likely N-dealkylation sites (tertiary alicyclic amines) is 1. The van der Waals surface area contributed by atoms with Crippen LogP contribution < -0.4 is 0 Å². The van der Waals surface area contributed by atoms with Gasteiger partial charge < -0.3 is 4.74 Å². The lowest BCUT2D eigenvalue weighted by molar-refractivity contribution is -0.144. The van der Waals surface area contributed by atoms with E-state index in [0.29, 0.717) is 19.6 Å². The van der Waals surface area contributed by atoms with Crippen LogP contribution in [0, 0.1) is 11.8 Å². The molecule has 2 aromatic rings. The van der Waals surface area contributed by atoms with Crippen LogP contribution in [0.2, 0.25) is 0 Å². The van der Waals surface area contributed by atoms with Crippen LogP contribution in [-0.4, -0.2) is 35.8 Å². The van der Waals surface area contributed by atoms with Gasteiger partial charge in [-0.2, -0.15) is 0 Å². The molecule has 3 aliphatic carbocycles. The number of ether oxygens (including phenoxy) is 1. The lowest BCUT2D eigenvalue weighted by Crippen LogP contribution is -2.41. The van der Waals surface area contributed by atoms with Gasteiger partial charge in [0.15, 0.2) is 0 Å². The molecule has 0 spiro atoms. The molecule has 2 bridgehead atoms. The molecule has 2 amide bonds. The Morgan fingerprint density at radius 3 is 1.77 bits per heavy atom. The Hall–Kier alpha value is -2.95. The van der Waals surface area contributed by atoms with Crippen LogP contribution in [0.25, 0.3) is 0 Å². The zero-order valence-electron chi connectivity index (χ0n) is 20.6. The minimum absolute atomic E-state index is 0.0227. The Labute approximate surface area is 207 Å². The second-order valence-corrected chi connectivity index (χ2v) is 10.2. The van der Waals surface area contributed by atoms with E-state index in [4.69, 9.17) is 4.74 Å². The number of unbranched alkanes of at least 4 members (excludes halogenated alkanes) is 5. The third kappa shape index (κ3) is 4.30. The quantitative estimate of drug-likeness (QED) is 0.243. The fourth-order valence-electron chi connectivity index (χ4n) is 6.46. The van der Waals surface area contributed by atoms with Crippen molar-refractivity contribution < 1.29 is 19.1 Å². The molecule has 0 saturated carbocycles. The predicted octanol–water partition coefficient (Wildman–Crippen LogP) is 5.56. The second-order valence-electron chi connectivity index (χ2n) is 10.2. The monoisotopic (exact) mass is 473 g/mol. The maximum Gasteiger partial charge on any atom is 0.305 e. The summed E-state index contributed by atoms with van der Waals surface area (Å²) in [5, 5.41) is 0. The van der Waals surface area contributed by atoms with Crippen LogP contribution in [0.3, 0.4) is 0 Å². The highest BCUT2D eigenvalue weighted by atomic mass is 16.5. The zero-order chi connectivity index (χ0) is 24.4. The SMILES string of the molecule is CCCCCCOC(=O)CCCCCN1C(=O)C2C3c4ccccc4C(c4ccccc43)C2C1=O. The topological polar surface area (TPSA) is 63.7 Å². The summed E-state index contributed by atoms with van der Waals surface area (Å²) in [6.07, 6.45) is 7.00. The fourth-order valence-corrected chi connectivity index (χ4v) is 6.46. The largest absolute Gasteiger partial charge is 0.466 e. The maximum atomic E-state index is 13.6. The van der Waals surface area contributed by atoms with Gasteiger partial charge >= 0.3 is 5.97 Å². The van der Waals surface area contributed by atoms with Crippen LogP contribution in [-0.2, 0) is 19.1 Å². The van der Waals surface area contributed by atoms with Gasteiger partial charge in [-0.05, 0) is 41.5 Å². The summed E-state index contributed by atoms with van der Waals surface area (Å²) in [7, 11) is 0. The van der Waals surface area contributed by atoms with Crippen LogP contribution in [0.1, 0.15) is 92.4 Å². The first-order valence-corrected chi connectivity index (χ1v) is 13.3. The summed E-state index contributed by atoms with van der Waals surface area (Å²) >= 11 is 0. The molecule has 0 N–H and O–H groups in total. The van der Waals surface area contributed by atoms with Crippen LogP contribution in [0.15, 0.2) is 48.5 Å². The molecule has 6 rings (SSSR count). The first-order valence-electron chi connectivity index (χ1n) is 13.3. The van der Waals surface area contributed by atoms with Gasteiger partial charge in [0.2, 0.25) is 11.8 Å². The first-order chi connectivity index (χ1) is 17.1. The third-order valence-corrected chi connectivity index (χ3v) is 8.06. The first kappa shape index (κ1) is 23.8. The minimum atomic E-state index is -0.306. The van der Waals surface area contributed by atoms with Crippen molar-refractivity contribution in [3.63, 3.8) is 0 Å². The van der Waals surface area contributed by atoms with Crippen molar-refractivity contribution in [1.82, 2.24) is 4.90 Å². The van der Waals surface area contributed by atoms with Crippen molar-refractivity contribution in [3.05, 3.63) is 70.8 Å². The highest BCUT2D eigenvalue weighted by Gasteiger charge is 2.61. The maximum absolute atomic E-state index is 13.6. The summed E-state index contributed by atoms with van der Waals surface area (Å²) in [5.41, 5.74) is 4.81. The van der Waals surface area contributed by atoms with Gasteiger partial charge in [0, 0.05) is 24.8 Å². The number of carbonyl (C=O) groups is 3. The summed E-state index contributed by atoms with van der Waals surface area (Å²) in [6, 6.07) is 16.6. The number of imide groups is 1. The number of rotatable bonds is 11. The molecule has 5 heteroatoms. The molecule has 2 unspecified atom stereocenters. The standard InChI is InChI=1S/C30H35NO4/c1-2-3-4-12-19-35-24(32)17-6-5-11-18-31-29(33)27-25-20-13-7-8-14-21(20)26(28(27)30(31)34)23-16-10-9-15-22(23)25/h7-10,13-16,25-28H,2-6,11-12,17-19H2,1H3. The molecule has 1 saturated heterocycles. The Balaban J connectivity index is 1.19. The van der Waals surface area contributed by atoms with Gasteiger partial charge in [-0.15, -0.1) is 0 Å². The molecule has 184 valence electrons. The molecule has 35 heavy (non-hydrogen) atoms. The van der Waals surface area contributed by atoms with Gasteiger partial charge in [-0.25, -0.2) is 0 Å². The highest BCUT2D eigenvalue weighted by Crippen LogP contribution is 2.60. The molecular weight excluding hydrogens is 438 g/mol. The molecule has 5 nitrogen and oxygen atoms in total. The van der Waals surface area contributed by atoms with Gasteiger partial charge in [0.1, 0.15) is 0 Å². The molecule has 1 heterocycles. The van der Waals surface area contributed by atoms with Crippen molar-refractivity contribution in [1.29, 1.82) is 0 Å². The normalized spacial score (nSPS) is 23.7. The van der Waals surface area contributed by atoms with Gasteiger partial charge in [-0.1, -0.05) is 81.1 Å². The van der Waals surface area contributed by atoms with Gasteiger partial charge in [-0.3, -0.25) is 19.3 Å². The van der Waals surface area contributed by atoms with E-state index in [1.54, 1.807) is 0 Å². The fraction of sp³-hybridized carbons (Fsp3) is 0.500. The summed E-state index contributed by atoms with van der Waals surface area (Å²) in [5.74, 6) is -0.902. The molecule has 1 fully saturated rings. The summed E-state index contributed by atoms with van der Waals surface area (Å²) in [6.45, 7) is 3.10. The zero-order valence-corrected chi connectivity index (χ0v) is 20.6. The molecule has 0 radical (unpaired) electrons. The number of amides is 2. The molecule has 0 aromatic heterocycles. The number of esters is 1. The van der Waals surface area contributed by atoms with Gasteiger partial charge in [0.25, 0.3) is 0 Å². The number of carbonyl (C=O) groups excluding carboxylic acids is 3. The lowest BCUT2D eigenvalue weighted by Gasteiger charge is -2.45. The minimum Gasteiger partial charge on any atom is -0.466 e. The van der Waals surface area contributed by atoms with E-state index in [1.165, 1.54) is 40.0 Å². The lowest BCUT2D eigenvalue weighted by atomic mass is 9.55. The Bertz CT molecular complexity index is 994. The van der Waals surface area contributed by atoms with Crippen molar-refractivity contribution in [2.45, 2.75) is 70.1 Å². The van der Waals surface area contributed by atoms with Crippen molar-refractivity contribution in [2.24, 2.45) is 11.8 Å². The molecule has 2 aromatic carbocycles. The van der Waals surface area contributed by atoms with Crippen molar-refractivity contribution in [2.75, 3.05) is 13.2 Å². The molecule has 1 aliphatic heterocycles.